The summed E-state index contributed by atoms with van der Waals surface area (Å²) in [6.45, 7) is 0.607. The molecule has 0 aliphatic rings. The zero-order chi connectivity index (χ0) is 10.7. The minimum atomic E-state index is 0.356. The van der Waals surface area contributed by atoms with Gasteiger partial charge in [0.05, 0.1) is 6.61 Å². The van der Waals surface area contributed by atoms with Crippen LogP contribution in [-0.4, -0.2) is 21.9 Å². The molecule has 0 saturated heterocycles. The van der Waals surface area contributed by atoms with Crippen LogP contribution >= 0.6 is 11.6 Å². The lowest BCUT2D eigenvalue weighted by Crippen LogP contribution is -1.93. The molecular formula is C10H10ClN3O. The molecule has 2 aromatic rings. The molecule has 0 aliphatic carbocycles. The smallest absolute Gasteiger partial charge is 0.229 e. The summed E-state index contributed by atoms with van der Waals surface area (Å²) in [5.74, 6) is 0. The Kier molecular flexibility index (Phi) is 2.99. The van der Waals surface area contributed by atoms with Crippen LogP contribution in [0.1, 0.15) is 5.56 Å². The Balaban J connectivity index is 2.28. The number of nitrogens with zero attached hydrogens (tertiary/aromatic N) is 3. The first kappa shape index (κ1) is 10.1. The lowest BCUT2D eigenvalue weighted by Gasteiger charge is -2.04. The van der Waals surface area contributed by atoms with Gasteiger partial charge in [-0.1, -0.05) is 12.1 Å². The number of halogens is 1. The fraction of sp³-hybridized carbons (Fsp3) is 0.200. The van der Waals surface area contributed by atoms with E-state index >= 15 is 0 Å². The topological polar surface area (TPSA) is 39.9 Å². The number of hydrogen-bond donors (Lipinski definition) is 0. The minimum Gasteiger partial charge on any atom is -0.380 e. The fourth-order valence-electron chi connectivity index (χ4n) is 1.31. The van der Waals surface area contributed by atoms with Crippen LogP contribution in [0, 0.1) is 0 Å². The third-order valence-electron chi connectivity index (χ3n) is 2.03. The van der Waals surface area contributed by atoms with Crippen LogP contribution in [0.25, 0.3) is 5.69 Å². The molecule has 0 unspecified atom stereocenters. The van der Waals surface area contributed by atoms with Gasteiger partial charge in [-0.3, -0.25) is 4.57 Å². The van der Waals surface area contributed by atoms with E-state index in [0.717, 1.165) is 11.3 Å². The summed E-state index contributed by atoms with van der Waals surface area (Å²) in [5.41, 5.74) is 2.05. The summed E-state index contributed by atoms with van der Waals surface area (Å²) in [6, 6.07) is 7.86. The van der Waals surface area contributed by atoms with E-state index in [1.165, 1.54) is 0 Å². The Morgan fingerprint density at radius 2 is 2.07 bits per heavy atom. The van der Waals surface area contributed by atoms with E-state index in [1.54, 1.807) is 18.0 Å². The van der Waals surface area contributed by atoms with Crippen LogP contribution in [0.3, 0.4) is 0 Å². The lowest BCUT2D eigenvalue weighted by atomic mass is 10.2. The van der Waals surface area contributed by atoms with E-state index in [4.69, 9.17) is 16.3 Å². The first-order valence-corrected chi connectivity index (χ1v) is 4.83. The standard InChI is InChI=1S/C10H10ClN3O/c1-15-6-8-2-4-9(5-3-8)14-7-12-13-10(14)11/h2-5,7H,6H2,1H3. The Bertz CT molecular complexity index is 438. The summed E-state index contributed by atoms with van der Waals surface area (Å²) in [6.07, 6.45) is 1.58. The molecule has 0 N–H and O–H groups in total. The second-order valence-corrected chi connectivity index (χ2v) is 3.41. The Morgan fingerprint density at radius 3 is 2.60 bits per heavy atom. The summed E-state index contributed by atoms with van der Waals surface area (Å²) >= 11 is 5.84. The van der Waals surface area contributed by atoms with Gasteiger partial charge in [0, 0.05) is 12.8 Å². The van der Waals surface area contributed by atoms with Crippen molar-refractivity contribution in [3.8, 4) is 5.69 Å². The summed E-state index contributed by atoms with van der Waals surface area (Å²) in [5, 5.41) is 7.77. The zero-order valence-electron chi connectivity index (χ0n) is 8.22. The number of methoxy groups -OCH3 is 1. The monoisotopic (exact) mass is 223 g/mol. The van der Waals surface area contributed by atoms with Crippen molar-refractivity contribution in [1.82, 2.24) is 14.8 Å². The van der Waals surface area contributed by atoms with Crippen LogP contribution in [0.5, 0.6) is 0 Å². The molecule has 0 radical (unpaired) electrons. The van der Waals surface area contributed by atoms with E-state index in [1.807, 2.05) is 24.3 Å². The summed E-state index contributed by atoms with van der Waals surface area (Å²) in [4.78, 5) is 0. The minimum absolute atomic E-state index is 0.356. The van der Waals surface area contributed by atoms with Crippen molar-refractivity contribution in [3.05, 3.63) is 41.4 Å². The van der Waals surface area contributed by atoms with Crippen molar-refractivity contribution in [3.63, 3.8) is 0 Å². The Hall–Kier alpha value is -1.39. The predicted octanol–water partition coefficient (Wildman–Crippen LogP) is 2.07. The van der Waals surface area contributed by atoms with Gasteiger partial charge in [-0.2, -0.15) is 0 Å². The normalized spacial score (nSPS) is 10.5. The Labute approximate surface area is 92.5 Å². The molecule has 78 valence electrons. The lowest BCUT2D eigenvalue weighted by molar-refractivity contribution is 0.185. The second kappa shape index (κ2) is 4.42. The van der Waals surface area contributed by atoms with Gasteiger partial charge in [-0.15, -0.1) is 10.2 Å². The Morgan fingerprint density at radius 1 is 1.33 bits per heavy atom. The molecule has 1 aromatic heterocycles. The molecule has 1 heterocycles. The molecule has 2 rings (SSSR count). The highest BCUT2D eigenvalue weighted by molar-refractivity contribution is 6.28. The van der Waals surface area contributed by atoms with Crippen molar-refractivity contribution < 1.29 is 4.74 Å². The molecule has 15 heavy (non-hydrogen) atoms. The molecule has 0 fully saturated rings. The third-order valence-corrected chi connectivity index (χ3v) is 2.29. The van der Waals surface area contributed by atoms with Gasteiger partial charge >= 0.3 is 0 Å². The SMILES string of the molecule is COCc1ccc(-n2cnnc2Cl)cc1. The van der Waals surface area contributed by atoms with E-state index in [9.17, 15) is 0 Å². The average molecular weight is 224 g/mol. The van der Waals surface area contributed by atoms with Crippen LogP contribution < -0.4 is 0 Å². The van der Waals surface area contributed by atoms with Gasteiger partial charge < -0.3 is 4.74 Å². The van der Waals surface area contributed by atoms with Crippen molar-refractivity contribution in [1.29, 1.82) is 0 Å². The summed E-state index contributed by atoms with van der Waals surface area (Å²) < 4.78 is 6.73. The maximum absolute atomic E-state index is 5.84. The largest absolute Gasteiger partial charge is 0.380 e. The van der Waals surface area contributed by atoms with E-state index in [2.05, 4.69) is 10.2 Å². The fourth-order valence-corrected chi connectivity index (χ4v) is 1.50. The van der Waals surface area contributed by atoms with Crippen LogP contribution in [0.4, 0.5) is 0 Å². The maximum Gasteiger partial charge on any atom is 0.229 e. The van der Waals surface area contributed by atoms with E-state index in [-0.39, 0.29) is 0 Å². The first-order chi connectivity index (χ1) is 7.31. The first-order valence-electron chi connectivity index (χ1n) is 4.45. The highest BCUT2D eigenvalue weighted by Gasteiger charge is 2.02. The molecule has 4 nitrogen and oxygen atoms in total. The highest BCUT2D eigenvalue weighted by Crippen LogP contribution is 2.14. The number of hydrogen-bond acceptors (Lipinski definition) is 3. The van der Waals surface area contributed by atoms with Gasteiger partial charge in [0.25, 0.3) is 0 Å². The predicted molar refractivity (Wildman–Crippen MR) is 57.1 cm³/mol. The molecule has 0 atom stereocenters. The number of benzene rings is 1. The van der Waals surface area contributed by atoms with Gasteiger partial charge in [0.15, 0.2) is 0 Å². The number of ether oxygens (including phenoxy) is 1. The number of aromatic nitrogens is 3. The number of rotatable bonds is 3. The molecule has 0 spiro atoms. The van der Waals surface area contributed by atoms with Crippen LogP contribution in [0.15, 0.2) is 30.6 Å². The van der Waals surface area contributed by atoms with Gasteiger partial charge in [0.2, 0.25) is 5.28 Å². The van der Waals surface area contributed by atoms with Crippen molar-refractivity contribution in [2.45, 2.75) is 6.61 Å². The molecule has 0 bridgehead atoms. The maximum atomic E-state index is 5.84. The zero-order valence-corrected chi connectivity index (χ0v) is 8.98. The van der Waals surface area contributed by atoms with Crippen molar-refractivity contribution >= 4 is 11.6 Å². The van der Waals surface area contributed by atoms with Crippen molar-refractivity contribution in [2.75, 3.05) is 7.11 Å². The van der Waals surface area contributed by atoms with Gasteiger partial charge in [-0.25, -0.2) is 0 Å². The molecule has 0 aliphatic heterocycles. The summed E-state index contributed by atoms with van der Waals surface area (Å²) in [7, 11) is 1.67. The van der Waals surface area contributed by atoms with Gasteiger partial charge in [-0.05, 0) is 29.3 Å². The second-order valence-electron chi connectivity index (χ2n) is 3.07. The highest BCUT2D eigenvalue weighted by atomic mass is 35.5. The molecule has 0 amide bonds. The van der Waals surface area contributed by atoms with Crippen LogP contribution in [0.2, 0.25) is 5.28 Å². The average Bonchev–Trinajstić information content (AvgIpc) is 2.66. The quantitative estimate of drug-likeness (QED) is 0.800. The van der Waals surface area contributed by atoms with Crippen LogP contribution in [-0.2, 0) is 11.3 Å². The van der Waals surface area contributed by atoms with Gasteiger partial charge in [0.1, 0.15) is 6.33 Å². The van der Waals surface area contributed by atoms with E-state index < -0.39 is 0 Å². The molecular weight excluding hydrogens is 214 g/mol. The third kappa shape index (κ3) is 2.16. The van der Waals surface area contributed by atoms with E-state index in [0.29, 0.717) is 11.9 Å². The molecule has 5 heteroatoms. The molecule has 0 saturated carbocycles. The molecule has 1 aromatic carbocycles. The van der Waals surface area contributed by atoms with Crippen molar-refractivity contribution in [2.24, 2.45) is 0 Å².